The number of halogens is 3. The second-order valence-corrected chi connectivity index (χ2v) is 7.19. The molecule has 0 radical (unpaired) electrons. The topological polar surface area (TPSA) is 25.2 Å². The minimum atomic E-state index is 0.0988. The summed E-state index contributed by atoms with van der Waals surface area (Å²) < 4.78 is 6.32. The van der Waals surface area contributed by atoms with Crippen LogP contribution in [0.25, 0.3) is 11.0 Å². The van der Waals surface area contributed by atoms with Crippen LogP contribution in [0, 0.1) is 0 Å². The lowest BCUT2D eigenvalue weighted by Crippen LogP contribution is -2.37. The minimum Gasteiger partial charge on any atom is -0.462 e. The first-order valence-electron chi connectivity index (χ1n) is 6.08. The number of furan rings is 1. The van der Waals surface area contributed by atoms with Gasteiger partial charge in [0.2, 0.25) is 0 Å². The maximum absolute atomic E-state index is 6.33. The summed E-state index contributed by atoms with van der Waals surface area (Å²) in [5.74, 6) is 0. The molecule has 19 heavy (non-hydrogen) atoms. The van der Waals surface area contributed by atoms with E-state index in [2.05, 4.69) is 42.0 Å². The van der Waals surface area contributed by atoms with Crippen molar-refractivity contribution in [3.05, 3.63) is 32.4 Å². The highest BCUT2D eigenvalue weighted by atomic mass is 79.9. The van der Waals surface area contributed by atoms with Crippen molar-refractivity contribution < 1.29 is 4.42 Å². The van der Waals surface area contributed by atoms with Gasteiger partial charge in [0.1, 0.15) is 0 Å². The first kappa shape index (κ1) is 15.2. The van der Waals surface area contributed by atoms with Crippen LogP contribution in [0.3, 0.4) is 0 Å². The largest absolute Gasteiger partial charge is 0.462 e. The second-order valence-electron chi connectivity index (χ2n) is 5.55. The monoisotopic (exact) mass is 363 g/mol. The lowest BCUT2D eigenvalue weighted by Gasteiger charge is -2.20. The van der Waals surface area contributed by atoms with E-state index in [-0.39, 0.29) is 5.54 Å². The summed E-state index contributed by atoms with van der Waals surface area (Å²) >= 11 is 15.9. The van der Waals surface area contributed by atoms with E-state index >= 15 is 0 Å². The maximum Gasteiger partial charge on any atom is 0.154 e. The van der Waals surface area contributed by atoms with Crippen molar-refractivity contribution in [2.75, 3.05) is 6.54 Å². The molecule has 1 aromatic carbocycles. The third-order valence-electron chi connectivity index (χ3n) is 2.82. The Hall–Kier alpha value is -0.220. The normalized spacial score (nSPS) is 12.3. The second kappa shape index (κ2) is 5.65. The van der Waals surface area contributed by atoms with Crippen molar-refractivity contribution in [2.45, 2.75) is 32.7 Å². The molecule has 2 rings (SSSR count). The Labute approximate surface area is 131 Å². The van der Waals surface area contributed by atoms with E-state index in [1.807, 2.05) is 0 Å². The first-order chi connectivity index (χ1) is 8.79. The molecule has 0 aliphatic rings. The van der Waals surface area contributed by atoms with Crippen molar-refractivity contribution in [1.82, 2.24) is 5.32 Å². The van der Waals surface area contributed by atoms with Gasteiger partial charge in [0.25, 0.3) is 0 Å². The van der Waals surface area contributed by atoms with Crippen LogP contribution in [-0.2, 0) is 6.42 Å². The van der Waals surface area contributed by atoms with Gasteiger partial charge < -0.3 is 9.73 Å². The zero-order chi connectivity index (χ0) is 14.2. The maximum atomic E-state index is 6.33. The van der Waals surface area contributed by atoms with Crippen molar-refractivity contribution in [3.63, 3.8) is 0 Å². The molecule has 0 spiro atoms. The smallest absolute Gasteiger partial charge is 0.154 e. The molecule has 0 atom stereocenters. The van der Waals surface area contributed by atoms with Crippen LogP contribution in [-0.4, -0.2) is 12.1 Å². The summed E-state index contributed by atoms with van der Waals surface area (Å²) in [6.07, 6.45) is 2.58. The average Bonchev–Trinajstić information content (AvgIpc) is 2.69. The fourth-order valence-electron chi connectivity index (χ4n) is 1.93. The molecule has 0 aliphatic heterocycles. The summed E-state index contributed by atoms with van der Waals surface area (Å²) in [5.41, 5.74) is 1.82. The van der Waals surface area contributed by atoms with Crippen LogP contribution in [0.2, 0.25) is 10.0 Å². The number of hydrogen-bond acceptors (Lipinski definition) is 2. The van der Waals surface area contributed by atoms with Crippen molar-refractivity contribution in [1.29, 1.82) is 0 Å². The lowest BCUT2D eigenvalue weighted by molar-refractivity contribution is 0.429. The van der Waals surface area contributed by atoms with E-state index in [1.165, 1.54) is 0 Å². The highest BCUT2D eigenvalue weighted by molar-refractivity contribution is 9.10. The summed E-state index contributed by atoms with van der Waals surface area (Å²) in [6.45, 7) is 7.28. The van der Waals surface area contributed by atoms with Gasteiger partial charge in [-0.25, -0.2) is 0 Å². The molecular formula is C14H16BrCl2NO. The zero-order valence-corrected chi connectivity index (χ0v) is 14.2. The van der Waals surface area contributed by atoms with Gasteiger partial charge in [0.15, 0.2) is 5.58 Å². The van der Waals surface area contributed by atoms with Gasteiger partial charge in [-0.2, -0.15) is 0 Å². The fraction of sp³-hybridized carbons (Fsp3) is 0.429. The Balaban J connectivity index is 2.30. The quantitative estimate of drug-likeness (QED) is 0.734. The molecule has 2 nitrogen and oxygen atoms in total. The molecule has 1 heterocycles. The molecule has 0 fully saturated rings. The number of hydrogen-bond donors (Lipinski definition) is 1. The van der Waals surface area contributed by atoms with Gasteiger partial charge in [0, 0.05) is 21.0 Å². The number of nitrogens with one attached hydrogen (secondary N) is 1. The molecule has 0 saturated carbocycles. The Morgan fingerprint density at radius 2 is 2.00 bits per heavy atom. The molecule has 104 valence electrons. The van der Waals surface area contributed by atoms with Gasteiger partial charge in [-0.15, -0.1) is 0 Å². The van der Waals surface area contributed by atoms with Gasteiger partial charge >= 0.3 is 0 Å². The Bertz CT molecular complexity index is 601. The molecule has 1 N–H and O–H groups in total. The zero-order valence-electron chi connectivity index (χ0n) is 11.1. The molecular weight excluding hydrogens is 349 g/mol. The standard InChI is InChI=1S/C14H16BrCl2NO/c1-14(2,3)18-5-4-8-7-19-13-10(16)6-9(15)12(17)11(8)13/h6-7,18H,4-5H2,1-3H3. The molecule has 2 aromatic rings. The van der Waals surface area contributed by atoms with E-state index in [1.54, 1.807) is 12.3 Å². The Kier molecular flexibility index (Phi) is 4.51. The SMILES string of the molecule is CC(C)(C)NCCc1coc2c(Cl)cc(Br)c(Cl)c12. The molecule has 0 aliphatic carbocycles. The van der Waals surface area contributed by atoms with Crippen LogP contribution >= 0.6 is 39.1 Å². The van der Waals surface area contributed by atoms with Gasteiger partial charge in [-0.3, -0.25) is 0 Å². The van der Waals surface area contributed by atoms with Crippen LogP contribution in [0.4, 0.5) is 0 Å². The van der Waals surface area contributed by atoms with E-state index in [0.717, 1.165) is 28.4 Å². The summed E-state index contributed by atoms with van der Waals surface area (Å²) in [5, 5.41) is 5.57. The van der Waals surface area contributed by atoms with Crippen molar-refractivity contribution in [2.24, 2.45) is 0 Å². The molecule has 5 heteroatoms. The predicted octanol–water partition coefficient (Wildman–Crippen LogP) is 5.43. The van der Waals surface area contributed by atoms with Crippen LogP contribution in [0.1, 0.15) is 26.3 Å². The minimum absolute atomic E-state index is 0.0988. The molecule has 0 unspecified atom stereocenters. The number of rotatable bonds is 3. The van der Waals surface area contributed by atoms with Gasteiger partial charge in [-0.05, 0) is 55.7 Å². The lowest BCUT2D eigenvalue weighted by atomic mass is 10.1. The van der Waals surface area contributed by atoms with E-state index < -0.39 is 0 Å². The average molecular weight is 365 g/mol. The molecule has 0 amide bonds. The molecule has 0 saturated heterocycles. The Morgan fingerprint density at radius 3 is 2.63 bits per heavy atom. The number of benzene rings is 1. The van der Waals surface area contributed by atoms with Crippen LogP contribution in [0.15, 0.2) is 21.2 Å². The molecule has 1 aromatic heterocycles. The summed E-state index contributed by atoms with van der Waals surface area (Å²) in [6, 6.07) is 1.76. The Morgan fingerprint density at radius 1 is 1.32 bits per heavy atom. The van der Waals surface area contributed by atoms with Crippen LogP contribution in [0.5, 0.6) is 0 Å². The highest BCUT2D eigenvalue weighted by Crippen LogP contribution is 2.39. The van der Waals surface area contributed by atoms with E-state index in [9.17, 15) is 0 Å². The third kappa shape index (κ3) is 3.46. The van der Waals surface area contributed by atoms with Crippen molar-refractivity contribution in [3.8, 4) is 0 Å². The third-order valence-corrected chi connectivity index (χ3v) is 4.34. The van der Waals surface area contributed by atoms with Gasteiger partial charge in [-0.1, -0.05) is 23.2 Å². The van der Waals surface area contributed by atoms with Crippen LogP contribution < -0.4 is 5.32 Å². The molecule has 0 bridgehead atoms. The number of fused-ring (bicyclic) bond motifs is 1. The van der Waals surface area contributed by atoms with Gasteiger partial charge in [0.05, 0.1) is 16.3 Å². The first-order valence-corrected chi connectivity index (χ1v) is 7.63. The fourth-order valence-corrected chi connectivity index (χ4v) is 2.99. The van der Waals surface area contributed by atoms with Crippen molar-refractivity contribution >= 4 is 50.1 Å². The summed E-state index contributed by atoms with van der Waals surface area (Å²) in [7, 11) is 0. The highest BCUT2D eigenvalue weighted by Gasteiger charge is 2.16. The van der Waals surface area contributed by atoms with E-state index in [4.69, 9.17) is 27.6 Å². The van der Waals surface area contributed by atoms with E-state index in [0.29, 0.717) is 15.6 Å². The predicted molar refractivity (Wildman–Crippen MR) is 85.4 cm³/mol. The summed E-state index contributed by atoms with van der Waals surface area (Å²) in [4.78, 5) is 0.